The van der Waals surface area contributed by atoms with Crippen LogP contribution in [0.4, 0.5) is 5.13 Å². The topological polar surface area (TPSA) is 56.7 Å². The molecule has 0 fully saturated rings. The lowest BCUT2D eigenvalue weighted by Crippen LogP contribution is -1.97. The highest BCUT2D eigenvalue weighted by molar-refractivity contribution is 7.13. The fraction of sp³-hybridized carbons (Fsp3) is 0.167. The van der Waals surface area contributed by atoms with Crippen LogP contribution in [0.15, 0.2) is 23.0 Å². The molecular formula is C12H12N4S2. The summed E-state index contributed by atoms with van der Waals surface area (Å²) in [6.45, 7) is 4.16. The minimum atomic E-state index is 0.601. The summed E-state index contributed by atoms with van der Waals surface area (Å²) in [6, 6.07) is 2.13. The van der Waals surface area contributed by atoms with Crippen LogP contribution >= 0.6 is 22.7 Å². The number of nitrogen functional groups attached to an aromatic ring is 1. The van der Waals surface area contributed by atoms with E-state index in [1.807, 2.05) is 17.0 Å². The van der Waals surface area contributed by atoms with Crippen LogP contribution in [0.5, 0.6) is 0 Å². The molecule has 0 atom stereocenters. The summed E-state index contributed by atoms with van der Waals surface area (Å²) in [5.41, 5.74) is 10.1. The van der Waals surface area contributed by atoms with Gasteiger partial charge in [0.1, 0.15) is 0 Å². The van der Waals surface area contributed by atoms with Crippen molar-refractivity contribution in [2.24, 2.45) is 0 Å². The van der Waals surface area contributed by atoms with E-state index in [4.69, 9.17) is 5.73 Å². The summed E-state index contributed by atoms with van der Waals surface area (Å²) in [7, 11) is 0. The van der Waals surface area contributed by atoms with Gasteiger partial charge in [0.15, 0.2) is 10.3 Å². The molecule has 3 aromatic rings. The zero-order valence-corrected chi connectivity index (χ0v) is 11.7. The van der Waals surface area contributed by atoms with Crippen molar-refractivity contribution < 1.29 is 0 Å². The summed E-state index contributed by atoms with van der Waals surface area (Å²) in [5, 5.41) is 5.56. The molecule has 0 aliphatic carbocycles. The number of aryl methyl sites for hydroxylation is 1. The Balaban J connectivity index is 2.17. The molecule has 3 heterocycles. The molecule has 3 rings (SSSR count). The fourth-order valence-corrected chi connectivity index (χ4v) is 3.37. The van der Waals surface area contributed by atoms with E-state index in [0.717, 1.165) is 27.8 Å². The van der Waals surface area contributed by atoms with Gasteiger partial charge in [-0.05, 0) is 19.9 Å². The van der Waals surface area contributed by atoms with Crippen molar-refractivity contribution in [2.45, 2.75) is 13.8 Å². The maximum Gasteiger partial charge on any atom is 0.193 e. The third kappa shape index (κ3) is 1.74. The Labute approximate surface area is 113 Å². The Morgan fingerprint density at radius 1 is 1.28 bits per heavy atom. The molecule has 4 nitrogen and oxygen atoms in total. The van der Waals surface area contributed by atoms with Crippen molar-refractivity contribution in [3.63, 3.8) is 0 Å². The molecule has 6 heteroatoms. The van der Waals surface area contributed by atoms with E-state index in [0.29, 0.717) is 5.13 Å². The van der Waals surface area contributed by atoms with E-state index in [1.165, 1.54) is 11.3 Å². The second kappa shape index (κ2) is 4.22. The first kappa shape index (κ1) is 11.4. The van der Waals surface area contributed by atoms with Crippen LogP contribution in [0, 0.1) is 13.8 Å². The first-order valence-corrected chi connectivity index (χ1v) is 7.23. The highest BCUT2D eigenvalue weighted by atomic mass is 32.1. The van der Waals surface area contributed by atoms with E-state index in [9.17, 15) is 0 Å². The van der Waals surface area contributed by atoms with Crippen LogP contribution < -0.4 is 5.73 Å². The SMILES string of the molecule is Cc1cc(-c2csc(N)n2)c(C)n1-c1nccs1. The van der Waals surface area contributed by atoms with Gasteiger partial charge in [0, 0.05) is 33.9 Å². The van der Waals surface area contributed by atoms with Gasteiger partial charge in [-0.3, -0.25) is 4.57 Å². The van der Waals surface area contributed by atoms with Crippen LogP contribution in [-0.4, -0.2) is 14.5 Å². The number of hydrogen-bond donors (Lipinski definition) is 1. The second-order valence-electron chi connectivity index (χ2n) is 4.01. The Morgan fingerprint density at radius 3 is 2.72 bits per heavy atom. The Bertz CT molecular complexity index is 679. The first-order valence-electron chi connectivity index (χ1n) is 5.47. The highest BCUT2D eigenvalue weighted by Crippen LogP contribution is 2.31. The van der Waals surface area contributed by atoms with Crippen molar-refractivity contribution in [2.75, 3.05) is 5.73 Å². The van der Waals surface area contributed by atoms with E-state index in [2.05, 4.69) is 34.4 Å². The van der Waals surface area contributed by atoms with Gasteiger partial charge in [-0.15, -0.1) is 22.7 Å². The molecule has 0 aliphatic heterocycles. The van der Waals surface area contributed by atoms with Gasteiger partial charge in [-0.1, -0.05) is 0 Å². The minimum absolute atomic E-state index is 0.601. The monoisotopic (exact) mass is 276 g/mol. The zero-order chi connectivity index (χ0) is 12.7. The van der Waals surface area contributed by atoms with Gasteiger partial charge >= 0.3 is 0 Å². The average Bonchev–Trinajstić information content (AvgIpc) is 3.01. The standard InChI is InChI=1S/C12H12N4S2/c1-7-5-9(10-6-18-11(13)15-10)8(2)16(7)12-14-3-4-17-12/h3-6H,1-2H3,(H2,13,15). The summed E-state index contributed by atoms with van der Waals surface area (Å²) in [6.07, 6.45) is 1.82. The van der Waals surface area contributed by atoms with Gasteiger partial charge in [0.05, 0.1) is 5.69 Å². The minimum Gasteiger partial charge on any atom is -0.375 e. The number of aromatic nitrogens is 3. The Hall–Kier alpha value is -1.66. The average molecular weight is 276 g/mol. The molecular weight excluding hydrogens is 264 g/mol. The van der Waals surface area contributed by atoms with Gasteiger partial charge in [0.2, 0.25) is 0 Å². The lowest BCUT2D eigenvalue weighted by Gasteiger charge is -2.04. The number of thiazole rings is 2. The fourth-order valence-electron chi connectivity index (χ4n) is 2.05. The molecule has 0 amide bonds. The molecule has 0 aromatic carbocycles. The van der Waals surface area contributed by atoms with Crippen molar-refractivity contribution in [1.29, 1.82) is 0 Å². The number of nitrogens with two attached hydrogens (primary N) is 1. The van der Waals surface area contributed by atoms with E-state index < -0.39 is 0 Å². The van der Waals surface area contributed by atoms with Gasteiger partial charge in [-0.25, -0.2) is 9.97 Å². The molecule has 0 aliphatic rings. The molecule has 2 N–H and O–H groups in total. The summed E-state index contributed by atoms with van der Waals surface area (Å²) >= 11 is 3.09. The number of anilines is 1. The normalized spacial score (nSPS) is 11.0. The van der Waals surface area contributed by atoms with Crippen molar-refractivity contribution >= 4 is 27.8 Å². The van der Waals surface area contributed by atoms with Crippen molar-refractivity contribution in [3.8, 4) is 16.4 Å². The quantitative estimate of drug-likeness (QED) is 0.781. The molecule has 18 heavy (non-hydrogen) atoms. The molecule has 0 bridgehead atoms. The van der Waals surface area contributed by atoms with E-state index in [1.54, 1.807) is 11.3 Å². The first-order chi connectivity index (χ1) is 8.66. The number of nitrogens with zero attached hydrogens (tertiary/aromatic N) is 3. The largest absolute Gasteiger partial charge is 0.375 e. The van der Waals surface area contributed by atoms with Crippen molar-refractivity contribution in [1.82, 2.24) is 14.5 Å². The zero-order valence-electron chi connectivity index (χ0n) is 10.0. The van der Waals surface area contributed by atoms with E-state index in [-0.39, 0.29) is 0 Å². The molecule has 0 radical (unpaired) electrons. The third-order valence-electron chi connectivity index (χ3n) is 2.84. The maximum atomic E-state index is 5.70. The maximum absolute atomic E-state index is 5.70. The Morgan fingerprint density at radius 2 is 2.11 bits per heavy atom. The van der Waals surface area contributed by atoms with Crippen LogP contribution in [0.2, 0.25) is 0 Å². The smallest absolute Gasteiger partial charge is 0.193 e. The van der Waals surface area contributed by atoms with Crippen molar-refractivity contribution in [3.05, 3.63) is 34.4 Å². The number of rotatable bonds is 2. The summed E-state index contributed by atoms with van der Waals surface area (Å²) < 4.78 is 2.15. The molecule has 0 spiro atoms. The molecule has 0 saturated heterocycles. The molecule has 0 unspecified atom stereocenters. The van der Waals surface area contributed by atoms with Crippen LogP contribution in [0.1, 0.15) is 11.4 Å². The van der Waals surface area contributed by atoms with E-state index >= 15 is 0 Å². The lowest BCUT2D eigenvalue weighted by molar-refractivity contribution is 0.951. The lowest BCUT2D eigenvalue weighted by atomic mass is 10.2. The molecule has 92 valence electrons. The second-order valence-corrected chi connectivity index (χ2v) is 5.77. The third-order valence-corrected chi connectivity index (χ3v) is 4.27. The van der Waals surface area contributed by atoms with Crippen LogP contribution in [-0.2, 0) is 0 Å². The predicted octanol–water partition coefficient (Wildman–Crippen LogP) is 3.26. The van der Waals surface area contributed by atoms with Crippen LogP contribution in [0.3, 0.4) is 0 Å². The Kier molecular flexibility index (Phi) is 2.68. The summed E-state index contributed by atoms with van der Waals surface area (Å²) in [4.78, 5) is 8.70. The van der Waals surface area contributed by atoms with Crippen LogP contribution in [0.25, 0.3) is 16.4 Å². The summed E-state index contributed by atoms with van der Waals surface area (Å²) in [5.74, 6) is 0. The van der Waals surface area contributed by atoms with Gasteiger partial charge < -0.3 is 5.73 Å². The highest BCUT2D eigenvalue weighted by Gasteiger charge is 2.15. The molecule has 0 saturated carbocycles. The number of hydrogen-bond acceptors (Lipinski definition) is 5. The predicted molar refractivity (Wildman–Crippen MR) is 76.4 cm³/mol. The van der Waals surface area contributed by atoms with Gasteiger partial charge in [0.25, 0.3) is 0 Å². The molecule has 3 aromatic heterocycles. The van der Waals surface area contributed by atoms with Gasteiger partial charge in [-0.2, -0.15) is 0 Å².